The highest BCUT2D eigenvalue weighted by Crippen LogP contribution is 2.18. The van der Waals surface area contributed by atoms with E-state index in [4.69, 9.17) is 9.84 Å². The maximum Gasteiger partial charge on any atom is 0.308 e. The summed E-state index contributed by atoms with van der Waals surface area (Å²) in [7, 11) is 0. The standard InChI is InChI=1S/C14H16BrNO4/c15-11-3-5-12(6-4-11)20-9-13(17)16-7-1-2-10(8-16)14(18)19/h3-6,10H,1-2,7-9H2,(H,18,19)/t10-/m0/s1. The van der Waals surface area contributed by atoms with E-state index in [1.807, 2.05) is 12.1 Å². The van der Waals surface area contributed by atoms with Crippen molar-refractivity contribution in [2.24, 2.45) is 5.92 Å². The molecule has 20 heavy (non-hydrogen) atoms. The molecule has 1 heterocycles. The van der Waals surface area contributed by atoms with Gasteiger partial charge in [0.1, 0.15) is 5.75 Å². The Hall–Kier alpha value is -1.56. The second-order valence-corrected chi connectivity index (χ2v) is 5.68. The van der Waals surface area contributed by atoms with E-state index in [0.717, 1.165) is 10.9 Å². The molecule has 1 aliphatic rings. The number of halogens is 1. The zero-order valence-corrected chi connectivity index (χ0v) is 12.5. The van der Waals surface area contributed by atoms with Crippen LogP contribution in [0.3, 0.4) is 0 Å². The van der Waals surface area contributed by atoms with E-state index in [0.29, 0.717) is 18.7 Å². The lowest BCUT2D eigenvalue weighted by atomic mass is 9.98. The number of aliphatic carboxylic acids is 1. The molecule has 1 N–H and O–H groups in total. The fourth-order valence-electron chi connectivity index (χ4n) is 2.17. The number of rotatable bonds is 4. The van der Waals surface area contributed by atoms with Gasteiger partial charge in [-0.05, 0) is 37.1 Å². The van der Waals surface area contributed by atoms with Crippen LogP contribution in [0.1, 0.15) is 12.8 Å². The van der Waals surface area contributed by atoms with E-state index < -0.39 is 11.9 Å². The number of benzene rings is 1. The highest BCUT2D eigenvalue weighted by atomic mass is 79.9. The first-order valence-electron chi connectivity index (χ1n) is 6.45. The summed E-state index contributed by atoms with van der Waals surface area (Å²) in [5.41, 5.74) is 0. The summed E-state index contributed by atoms with van der Waals surface area (Å²) in [6.45, 7) is 0.818. The summed E-state index contributed by atoms with van der Waals surface area (Å²) in [4.78, 5) is 24.5. The third-order valence-corrected chi connectivity index (χ3v) is 3.83. The third kappa shape index (κ3) is 3.96. The van der Waals surface area contributed by atoms with E-state index in [1.54, 1.807) is 17.0 Å². The molecule has 5 nitrogen and oxygen atoms in total. The molecule has 0 radical (unpaired) electrons. The van der Waals surface area contributed by atoms with Gasteiger partial charge in [-0.15, -0.1) is 0 Å². The van der Waals surface area contributed by atoms with Crippen molar-refractivity contribution in [3.05, 3.63) is 28.7 Å². The van der Waals surface area contributed by atoms with Gasteiger partial charge in [-0.25, -0.2) is 0 Å². The number of nitrogens with zero attached hydrogens (tertiary/aromatic N) is 1. The summed E-state index contributed by atoms with van der Waals surface area (Å²) in [5, 5.41) is 9.00. The molecule has 0 bridgehead atoms. The first kappa shape index (κ1) is 14.8. The summed E-state index contributed by atoms with van der Waals surface area (Å²) in [6.07, 6.45) is 1.35. The summed E-state index contributed by atoms with van der Waals surface area (Å²) < 4.78 is 6.35. The van der Waals surface area contributed by atoms with Gasteiger partial charge in [0, 0.05) is 17.6 Å². The van der Waals surface area contributed by atoms with E-state index in [2.05, 4.69) is 15.9 Å². The lowest BCUT2D eigenvalue weighted by Gasteiger charge is -2.30. The van der Waals surface area contributed by atoms with Crippen LogP contribution in [0.2, 0.25) is 0 Å². The van der Waals surface area contributed by atoms with Gasteiger partial charge in [-0.1, -0.05) is 15.9 Å². The lowest BCUT2D eigenvalue weighted by Crippen LogP contribution is -2.44. The zero-order chi connectivity index (χ0) is 14.5. The Morgan fingerprint density at radius 2 is 2.05 bits per heavy atom. The number of amides is 1. The van der Waals surface area contributed by atoms with Gasteiger partial charge < -0.3 is 14.7 Å². The van der Waals surface area contributed by atoms with Gasteiger partial charge in [0.05, 0.1) is 5.92 Å². The Morgan fingerprint density at radius 1 is 1.35 bits per heavy atom. The predicted molar refractivity (Wildman–Crippen MR) is 76.6 cm³/mol. The number of likely N-dealkylation sites (tertiary alicyclic amines) is 1. The van der Waals surface area contributed by atoms with Gasteiger partial charge >= 0.3 is 5.97 Å². The Balaban J connectivity index is 1.85. The Bertz CT molecular complexity index is 488. The first-order valence-corrected chi connectivity index (χ1v) is 7.24. The Morgan fingerprint density at radius 3 is 2.70 bits per heavy atom. The quantitative estimate of drug-likeness (QED) is 0.911. The number of carbonyl (C=O) groups is 2. The van der Waals surface area contributed by atoms with Crippen LogP contribution < -0.4 is 4.74 Å². The molecule has 6 heteroatoms. The molecule has 1 atom stereocenters. The number of hydrogen-bond acceptors (Lipinski definition) is 3. The second kappa shape index (κ2) is 6.74. The molecular weight excluding hydrogens is 326 g/mol. The van der Waals surface area contributed by atoms with Gasteiger partial charge in [-0.2, -0.15) is 0 Å². The molecule has 0 aliphatic carbocycles. The van der Waals surface area contributed by atoms with Crippen molar-refractivity contribution >= 4 is 27.8 Å². The second-order valence-electron chi connectivity index (χ2n) is 4.76. The van der Waals surface area contributed by atoms with Crippen LogP contribution in [0.25, 0.3) is 0 Å². The van der Waals surface area contributed by atoms with Crippen molar-refractivity contribution in [1.29, 1.82) is 0 Å². The van der Waals surface area contributed by atoms with Crippen molar-refractivity contribution in [2.75, 3.05) is 19.7 Å². The number of ether oxygens (including phenoxy) is 1. The molecule has 0 aromatic heterocycles. The van der Waals surface area contributed by atoms with E-state index >= 15 is 0 Å². The number of piperidine rings is 1. The summed E-state index contributed by atoms with van der Waals surface area (Å²) >= 11 is 3.32. The predicted octanol–water partition coefficient (Wildman–Crippen LogP) is 2.15. The maximum atomic E-state index is 12.0. The first-order chi connectivity index (χ1) is 9.56. The van der Waals surface area contributed by atoms with Gasteiger partial charge in [0.15, 0.2) is 6.61 Å². The van der Waals surface area contributed by atoms with Crippen LogP contribution in [0, 0.1) is 5.92 Å². The summed E-state index contributed by atoms with van der Waals surface area (Å²) in [5.74, 6) is -0.844. The van der Waals surface area contributed by atoms with Crippen LogP contribution >= 0.6 is 15.9 Å². The molecule has 1 amide bonds. The molecule has 1 aromatic carbocycles. The molecular formula is C14H16BrNO4. The molecule has 1 saturated heterocycles. The van der Waals surface area contributed by atoms with E-state index in [-0.39, 0.29) is 19.1 Å². The van der Waals surface area contributed by atoms with Crippen molar-refractivity contribution in [3.8, 4) is 5.75 Å². The highest BCUT2D eigenvalue weighted by Gasteiger charge is 2.28. The fourth-order valence-corrected chi connectivity index (χ4v) is 2.44. The van der Waals surface area contributed by atoms with E-state index in [9.17, 15) is 9.59 Å². The highest BCUT2D eigenvalue weighted by molar-refractivity contribution is 9.10. The average molecular weight is 342 g/mol. The van der Waals surface area contributed by atoms with Gasteiger partial charge in [0.2, 0.25) is 0 Å². The lowest BCUT2D eigenvalue weighted by molar-refractivity contribution is -0.146. The monoisotopic (exact) mass is 341 g/mol. The molecule has 0 unspecified atom stereocenters. The van der Waals surface area contributed by atoms with Crippen LogP contribution in [-0.4, -0.2) is 41.6 Å². The third-order valence-electron chi connectivity index (χ3n) is 3.30. The zero-order valence-electron chi connectivity index (χ0n) is 10.9. The maximum absolute atomic E-state index is 12.0. The average Bonchev–Trinajstić information content (AvgIpc) is 2.46. The number of carboxylic acids is 1. The van der Waals surface area contributed by atoms with Gasteiger partial charge in [0.25, 0.3) is 5.91 Å². The van der Waals surface area contributed by atoms with Crippen LogP contribution in [0.5, 0.6) is 5.75 Å². The summed E-state index contributed by atoms with van der Waals surface area (Å²) in [6, 6.07) is 7.21. The number of carboxylic acid groups (broad SMARTS) is 1. The number of hydrogen-bond donors (Lipinski definition) is 1. The van der Waals surface area contributed by atoms with Gasteiger partial charge in [-0.3, -0.25) is 9.59 Å². The molecule has 0 saturated carbocycles. The SMILES string of the molecule is O=C(O)[C@H]1CCCN(C(=O)COc2ccc(Br)cc2)C1. The van der Waals surface area contributed by atoms with Crippen molar-refractivity contribution in [1.82, 2.24) is 4.90 Å². The van der Waals surface area contributed by atoms with Crippen molar-refractivity contribution < 1.29 is 19.4 Å². The molecule has 1 aromatic rings. The largest absolute Gasteiger partial charge is 0.484 e. The van der Waals surface area contributed by atoms with E-state index in [1.165, 1.54) is 0 Å². The minimum absolute atomic E-state index is 0.0615. The molecule has 108 valence electrons. The smallest absolute Gasteiger partial charge is 0.308 e. The minimum atomic E-state index is -0.837. The minimum Gasteiger partial charge on any atom is -0.484 e. The van der Waals surface area contributed by atoms with Crippen LogP contribution in [-0.2, 0) is 9.59 Å². The number of carbonyl (C=O) groups excluding carboxylic acids is 1. The molecule has 1 fully saturated rings. The van der Waals surface area contributed by atoms with Crippen molar-refractivity contribution in [3.63, 3.8) is 0 Å². The van der Waals surface area contributed by atoms with Crippen LogP contribution in [0.15, 0.2) is 28.7 Å². The topological polar surface area (TPSA) is 66.8 Å². The normalized spacial score (nSPS) is 18.6. The fraction of sp³-hybridized carbons (Fsp3) is 0.429. The molecule has 0 spiro atoms. The molecule has 1 aliphatic heterocycles. The van der Waals surface area contributed by atoms with Crippen LogP contribution in [0.4, 0.5) is 0 Å². The molecule has 2 rings (SSSR count). The van der Waals surface area contributed by atoms with Crippen molar-refractivity contribution in [2.45, 2.75) is 12.8 Å². The Kier molecular flexibility index (Phi) is 5.00. The Labute approximate surface area is 125 Å².